The van der Waals surface area contributed by atoms with Crippen LogP contribution in [0.5, 0.6) is 0 Å². The lowest BCUT2D eigenvalue weighted by Gasteiger charge is -2.20. The first kappa shape index (κ1) is 11.0. The second-order valence-electron chi connectivity index (χ2n) is 3.86. The molecule has 0 amide bonds. The van der Waals surface area contributed by atoms with Crippen LogP contribution in [0.2, 0.25) is 0 Å². The minimum Gasteiger partial charge on any atom is -0.381 e. The van der Waals surface area contributed by atoms with Crippen molar-refractivity contribution in [3.8, 4) is 0 Å². The third-order valence-corrected chi connectivity index (χ3v) is 4.89. The van der Waals surface area contributed by atoms with Crippen molar-refractivity contribution >= 4 is 9.73 Å². The molecule has 1 atom stereocenters. The van der Waals surface area contributed by atoms with E-state index in [1.807, 2.05) is 13.8 Å². The maximum Gasteiger partial charge on any atom is 0.0638 e. The lowest BCUT2D eigenvalue weighted by Crippen LogP contribution is -2.22. The smallest absolute Gasteiger partial charge is 0.0638 e. The first-order valence-corrected chi connectivity index (χ1v) is 6.79. The molecule has 1 fully saturated rings. The molecule has 3 nitrogen and oxygen atoms in total. The summed E-state index contributed by atoms with van der Waals surface area (Å²) in [6.07, 6.45) is 3.61. The molecule has 0 unspecified atom stereocenters. The van der Waals surface area contributed by atoms with E-state index in [4.69, 9.17) is 4.74 Å². The largest absolute Gasteiger partial charge is 0.381 e. The molecule has 1 aliphatic heterocycles. The molecular formula is C9H19NO2S. The highest BCUT2D eigenvalue weighted by molar-refractivity contribution is 7.93. The van der Waals surface area contributed by atoms with Gasteiger partial charge < -0.3 is 4.74 Å². The molecule has 0 aromatic rings. The summed E-state index contributed by atoms with van der Waals surface area (Å²) in [4.78, 5) is 0. The molecule has 78 valence electrons. The van der Waals surface area contributed by atoms with E-state index in [2.05, 4.69) is 4.36 Å². The Morgan fingerprint density at radius 1 is 1.38 bits per heavy atom. The SMILES string of the molecule is CC(C)[S@](C)(=O)=NC1CCOCC1. The zero-order valence-corrected chi connectivity index (χ0v) is 9.47. The molecule has 0 aromatic carbocycles. The van der Waals surface area contributed by atoms with Gasteiger partial charge in [-0.2, -0.15) is 0 Å². The van der Waals surface area contributed by atoms with Crippen molar-refractivity contribution in [1.82, 2.24) is 0 Å². The monoisotopic (exact) mass is 205 g/mol. The van der Waals surface area contributed by atoms with Gasteiger partial charge in [0, 0.05) is 34.4 Å². The third-order valence-electron chi connectivity index (χ3n) is 2.42. The molecule has 0 bridgehead atoms. The summed E-state index contributed by atoms with van der Waals surface area (Å²) >= 11 is 0. The minimum atomic E-state index is -1.98. The lowest BCUT2D eigenvalue weighted by molar-refractivity contribution is 0.0874. The first-order valence-electron chi connectivity index (χ1n) is 4.80. The van der Waals surface area contributed by atoms with E-state index in [9.17, 15) is 4.21 Å². The van der Waals surface area contributed by atoms with Crippen LogP contribution in [0.15, 0.2) is 4.36 Å². The molecule has 0 aliphatic carbocycles. The van der Waals surface area contributed by atoms with Crippen molar-refractivity contribution in [2.24, 2.45) is 4.36 Å². The zero-order valence-electron chi connectivity index (χ0n) is 8.66. The summed E-state index contributed by atoms with van der Waals surface area (Å²) in [5.74, 6) is 0. The van der Waals surface area contributed by atoms with Crippen molar-refractivity contribution < 1.29 is 8.95 Å². The van der Waals surface area contributed by atoms with Crippen LogP contribution in [-0.2, 0) is 14.5 Å². The Balaban J connectivity index is 2.67. The van der Waals surface area contributed by atoms with Gasteiger partial charge in [-0.3, -0.25) is 0 Å². The predicted molar refractivity (Wildman–Crippen MR) is 55.5 cm³/mol. The second-order valence-corrected chi connectivity index (χ2v) is 6.73. The molecule has 4 heteroatoms. The summed E-state index contributed by atoms with van der Waals surface area (Å²) in [7, 11) is -1.98. The van der Waals surface area contributed by atoms with Gasteiger partial charge in [-0.1, -0.05) is 13.8 Å². The average molecular weight is 205 g/mol. The van der Waals surface area contributed by atoms with E-state index in [1.54, 1.807) is 6.26 Å². The quantitative estimate of drug-likeness (QED) is 0.688. The van der Waals surface area contributed by atoms with E-state index in [0.29, 0.717) is 0 Å². The fraction of sp³-hybridized carbons (Fsp3) is 1.00. The van der Waals surface area contributed by atoms with Crippen LogP contribution in [0, 0.1) is 0 Å². The second kappa shape index (κ2) is 4.42. The number of hydrogen-bond donors (Lipinski definition) is 0. The summed E-state index contributed by atoms with van der Waals surface area (Å²) in [5, 5.41) is 0.148. The van der Waals surface area contributed by atoms with Crippen molar-refractivity contribution in [2.75, 3.05) is 19.5 Å². The van der Waals surface area contributed by atoms with Crippen LogP contribution in [0.25, 0.3) is 0 Å². The number of nitrogens with zero attached hydrogens (tertiary/aromatic N) is 1. The summed E-state index contributed by atoms with van der Waals surface area (Å²) in [6, 6.07) is 0.258. The Kier molecular flexibility index (Phi) is 3.74. The van der Waals surface area contributed by atoms with E-state index in [1.165, 1.54) is 0 Å². The van der Waals surface area contributed by atoms with E-state index in [-0.39, 0.29) is 11.3 Å². The van der Waals surface area contributed by atoms with Crippen LogP contribution >= 0.6 is 0 Å². The normalized spacial score (nSPS) is 24.3. The maximum absolute atomic E-state index is 11.9. The molecule has 1 aliphatic rings. The molecule has 1 rings (SSSR count). The van der Waals surface area contributed by atoms with Crippen molar-refractivity contribution in [3.63, 3.8) is 0 Å². The van der Waals surface area contributed by atoms with E-state index < -0.39 is 9.73 Å². The van der Waals surface area contributed by atoms with Crippen molar-refractivity contribution in [2.45, 2.75) is 38.0 Å². The summed E-state index contributed by atoms with van der Waals surface area (Å²) < 4.78 is 21.6. The van der Waals surface area contributed by atoms with Gasteiger partial charge in [-0.25, -0.2) is 8.57 Å². The lowest BCUT2D eigenvalue weighted by atomic mass is 10.1. The van der Waals surface area contributed by atoms with E-state index >= 15 is 0 Å². The third kappa shape index (κ3) is 3.27. The molecule has 0 aromatic heterocycles. The molecule has 0 N–H and O–H groups in total. The Bertz CT molecular complexity index is 261. The van der Waals surface area contributed by atoms with Crippen molar-refractivity contribution in [1.29, 1.82) is 0 Å². The van der Waals surface area contributed by atoms with Crippen LogP contribution in [0.4, 0.5) is 0 Å². The highest BCUT2D eigenvalue weighted by Gasteiger charge is 2.16. The van der Waals surface area contributed by atoms with Crippen LogP contribution < -0.4 is 0 Å². The topological polar surface area (TPSA) is 38.7 Å². The number of hydrogen-bond acceptors (Lipinski definition) is 3. The standard InChI is InChI=1S/C9H19NO2S/c1-8(2)13(3,11)10-9-4-6-12-7-5-9/h8-9H,4-7H2,1-3H3/t13-/m0/s1. The van der Waals surface area contributed by atoms with Gasteiger partial charge in [0.2, 0.25) is 0 Å². The van der Waals surface area contributed by atoms with Crippen molar-refractivity contribution in [3.05, 3.63) is 0 Å². The maximum atomic E-state index is 11.9. The molecule has 0 radical (unpaired) electrons. The Labute approximate surface area is 81.0 Å². The molecule has 13 heavy (non-hydrogen) atoms. The minimum absolute atomic E-state index is 0.148. The number of rotatable bonds is 2. The molecular weight excluding hydrogens is 186 g/mol. The average Bonchev–Trinajstić information content (AvgIpc) is 2.05. The highest BCUT2D eigenvalue weighted by Crippen LogP contribution is 2.14. The van der Waals surface area contributed by atoms with Crippen LogP contribution in [0.3, 0.4) is 0 Å². The van der Waals surface area contributed by atoms with Crippen LogP contribution in [-0.4, -0.2) is 35.0 Å². The van der Waals surface area contributed by atoms with Gasteiger partial charge in [-0.05, 0) is 12.8 Å². The predicted octanol–water partition coefficient (Wildman–Crippen LogP) is 1.67. The summed E-state index contributed by atoms with van der Waals surface area (Å²) in [6.45, 7) is 5.46. The van der Waals surface area contributed by atoms with Gasteiger partial charge in [-0.15, -0.1) is 0 Å². The molecule has 0 saturated carbocycles. The Morgan fingerprint density at radius 3 is 2.38 bits per heavy atom. The Morgan fingerprint density at radius 2 is 1.92 bits per heavy atom. The van der Waals surface area contributed by atoms with E-state index in [0.717, 1.165) is 26.1 Å². The fourth-order valence-corrected chi connectivity index (χ4v) is 2.25. The van der Waals surface area contributed by atoms with Gasteiger partial charge in [0.05, 0.1) is 6.04 Å². The zero-order chi connectivity index (χ0) is 9.90. The summed E-state index contributed by atoms with van der Waals surface area (Å²) in [5.41, 5.74) is 0. The Hall–Kier alpha value is -0.0900. The molecule has 1 saturated heterocycles. The van der Waals surface area contributed by atoms with Gasteiger partial charge in [0.1, 0.15) is 0 Å². The molecule has 0 spiro atoms. The van der Waals surface area contributed by atoms with Gasteiger partial charge >= 0.3 is 0 Å². The number of ether oxygens (including phenoxy) is 1. The first-order chi connectivity index (χ1) is 6.02. The molecule has 1 heterocycles. The fourth-order valence-electron chi connectivity index (χ4n) is 1.21. The van der Waals surface area contributed by atoms with Gasteiger partial charge in [0.15, 0.2) is 0 Å². The highest BCUT2D eigenvalue weighted by atomic mass is 32.2. The van der Waals surface area contributed by atoms with Gasteiger partial charge in [0.25, 0.3) is 0 Å². The van der Waals surface area contributed by atoms with Crippen LogP contribution in [0.1, 0.15) is 26.7 Å².